The van der Waals surface area contributed by atoms with Gasteiger partial charge < -0.3 is 30.6 Å². The van der Waals surface area contributed by atoms with E-state index in [0.29, 0.717) is 72.2 Å². The average Bonchev–Trinajstić information content (AvgIpc) is 1.60. The summed E-state index contributed by atoms with van der Waals surface area (Å²) in [5, 5.41) is 47.6. The lowest BCUT2D eigenvalue weighted by Crippen LogP contribution is -2.17. The van der Waals surface area contributed by atoms with Crippen LogP contribution in [0, 0.1) is 83.1 Å². The Labute approximate surface area is 803 Å². The van der Waals surface area contributed by atoms with Crippen LogP contribution in [0.3, 0.4) is 0 Å². The van der Waals surface area contributed by atoms with Crippen molar-refractivity contribution in [3.63, 3.8) is 0 Å². The number of nitrogens with zero attached hydrogens (tertiary/aromatic N) is 18. The molecule has 0 fully saturated rings. The van der Waals surface area contributed by atoms with Crippen LogP contribution in [0.25, 0.3) is 20.0 Å². The van der Waals surface area contributed by atoms with Gasteiger partial charge in [-0.15, -0.1) is 86.1 Å². The number of fused-ring (bicyclic) bond motifs is 12. The number of anilines is 3. The number of aryl methyl sites for hydroxylation is 8. The molecule has 0 saturated heterocycles. The zero-order chi connectivity index (χ0) is 94.1. The summed E-state index contributed by atoms with van der Waals surface area (Å²) in [6.07, 6.45) is 4.00. The van der Waals surface area contributed by atoms with Gasteiger partial charge >= 0.3 is 0 Å². The Hall–Kier alpha value is -12.8. The van der Waals surface area contributed by atoms with Crippen LogP contribution in [0.4, 0.5) is 17.1 Å². The molecule has 0 aliphatic carbocycles. The lowest BCUT2D eigenvalue weighted by Gasteiger charge is -2.13. The summed E-state index contributed by atoms with van der Waals surface area (Å²) in [6, 6.07) is 42.7. The van der Waals surface area contributed by atoms with Crippen molar-refractivity contribution in [2.45, 2.75) is 139 Å². The molecule has 28 nitrogen and oxygen atoms in total. The predicted molar refractivity (Wildman–Crippen MR) is 527 cm³/mol. The van der Waals surface area contributed by atoms with Crippen molar-refractivity contribution in [2.24, 2.45) is 20.0 Å². The molecule has 5 aromatic carbocycles. The molecule has 15 aromatic rings. The number of carbonyl (C=O) groups excluding carboxylic acids is 4. The second-order valence-corrected chi connectivity index (χ2v) is 38.7. The maximum atomic E-state index is 13.3. The fourth-order valence-corrected chi connectivity index (χ4v) is 21.5. The topological polar surface area (TPSA) is 344 Å². The van der Waals surface area contributed by atoms with Crippen LogP contribution in [0.1, 0.15) is 188 Å². The number of ketones is 2. The highest BCUT2D eigenvalue weighted by Gasteiger charge is 2.39. The molecule has 2 amide bonds. The number of hydrogen-bond acceptors (Lipinski definition) is 26. The van der Waals surface area contributed by atoms with Crippen LogP contribution < -0.4 is 25.8 Å². The number of hydrogen-bond donors (Lipinski definition) is 3. The van der Waals surface area contributed by atoms with Gasteiger partial charge in [-0.1, -0.05) is 101 Å². The smallest absolute Gasteiger partial charge is 0.227 e. The number of methoxy groups -OCH3 is 3. The number of Topliss-reactive ketones (excluding diaryl/α,β-unsaturated/α-hetero) is 2. The molecule has 19 rings (SSSR count). The molecular weight excluding hydrogens is 1840 g/mol. The zero-order valence-corrected chi connectivity index (χ0v) is 81.5. The number of ether oxygens (including phenoxy) is 3. The van der Waals surface area contributed by atoms with Crippen LogP contribution in [-0.4, -0.2) is 143 Å². The Balaban J connectivity index is 0.000000129. The molecule has 1 unspecified atom stereocenters. The van der Waals surface area contributed by atoms with E-state index in [-0.39, 0.29) is 62.1 Å². The Morgan fingerprint density at radius 3 is 1.02 bits per heavy atom. The summed E-state index contributed by atoms with van der Waals surface area (Å²) >= 11 is 31.3. The maximum absolute atomic E-state index is 13.3. The Kier molecular flexibility index (Phi) is 28.1. The minimum absolute atomic E-state index is 0.0193. The number of aromatic nitrogens is 14. The molecule has 4 aliphatic rings. The normalized spacial score (nSPS) is 14.8. The molecule has 0 radical (unpaired) electrons. The van der Waals surface area contributed by atoms with Crippen LogP contribution in [0.5, 0.6) is 11.8 Å². The van der Waals surface area contributed by atoms with Crippen LogP contribution in [-0.2, 0) is 30.3 Å². The number of pyridine rings is 2. The first kappa shape index (κ1) is 93.5. The molecule has 133 heavy (non-hydrogen) atoms. The van der Waals surface area contributed by atoms with Crippen LogP contribution >= 0.6 is 91.8 Å². The predicted octanol–water partition coefficient (Wildman–Crippen LogP) is 20.5. The fourth-order valence-electron chi connectivity index (χ4n) is 16.1. The maximum Gasteiger partial charge on any atom is 0.227 e. The number of amides is 2. The Morgan fingerprint density at radius 1 is 0.383 bits per heavy atom. The first-order valence-electron chi connectivity index (χ1n) is 42.4. The molecule has 4 atom stereocenters. The highest BCUT2D eigenvalue weighted by Crippen LogP contribution is 2.46. The van der Waals surface area contributed by atoms with Gasteiger partial charge in [0.2, 0.25) is 23.6 Å². The zero-order valence-electron chi connectivity index (χ0n) is 75.2. The van der Waals surface area contributed by atoms with E-state index in [1.54, 1.807) is 114 Å². The van der Waals surface area contributed by atoms with Gasteiger partial charge in [-0.2, -0.15) is 0 Å². The van der Waals surface area contributed by atoms with Crippen LogP contribution in [0.15, 0.2) is 178 Å². The molecule has 0 saturated carbocycles. The molecule has 14 heterocycles. The van der Waals surface area contributed by atoms with Gasteiger partial charge in [0.05, 0.1) is 61.8 Å². The van der Waals surface area contributed by atoms with E-state index in [1.165, 1.54) is 32.2 Å². The van der Waals surface area contributed by atoms with E-state index in [2.05, 4.69) is 121 Å². The molecule has 10 aromatic heterocycles. The van der Waals surface area contributed by atoms with Crippen molar-refractivity contribution < 1.29 is 33.4 Å². The number of aliphatic imine (C=N–C) groups is 4. The third-order valence-corrected chi connectivity index (χ3v) is 29.0. The highest BCUT2D eigenvalue weighted by atomic mass is 35.5. The van der Waals surface area contributed by atoms with E-state index in [0.717, 1.165) is 133 Å². The molecular formula is C97H91Cl4N21O7S4. The summed E-state index contributed by atoms with van der Waals surface area (Å²) in [6.45, 7) is 24.6. The number of rotatable bonds is 20. The van der Waals surface area contributed by atoms with Gasteiger partial charge in [0.1, 0.15) is 79.9 Å². The van der Waals surface area contributed by atoms with Gasteiger partial charge in [-0.05, 0) is 190 Å². The number of benzene rings is 5. The Bertz CT molecular complexity index is 7110. The number of carbonyl (C=O) groups is 4. The monoisotopic (exact) mass is 1930 g/mol. The molecule has 678 valence electrons. The first-order valence-corrected chi connectivity index (χ1v) is 47.1. The second kappa shape index (κ2) is 40.0. The lowest BCUT2D eigenvalue weighted by molar-refractivity contribution is -0.123. The number of thiophene rings is 4. The number of nitrogen functional groups attached to an aromatic ring is 1. The number of nitrogens with two attached hydrogens (primary N) is 1. The van der Waals surface area contributed by atoms with Gasteiger partial charge in [-0.25, -0.2) is 9.97 Å². The third-order valence-electron chi connectivity index (χ3n) is 23.2. The first-order chi connectivity index (χ1) is 63.9. The summed E-state index contributed by atoms with van der Waals surface area (Å²) in [4.78, 5) is 85.4. The van der Waals surface area contributed by atoms with Gasteiger partial charge in [0, 0.05) is 140 Å². The van der Waals surface area contributed by atoms with Crippen molar-refractivity contribution in [3.8, 4) is 31.8 Å². The van der Waals surface area contributed by atoms with Crippen molar-refractivity contribution in [2.75, 3.05) is 44.3 Å². The standard InChI is InChI=1S/C26H24ClN5O2S.C25H23ClN6O2S.C25H23ClN6OS.C21H21ClN4O2S/c1-14-15(2)35-26-22(14)23(17-7-9-19(27)10-8-17)29-21(24-31-30-16(3)32(24)26)13-20(33)12-18-6-5-11-28-25(18)34-4;1-13-14(2)35-25-22(13)23(16-5-7-17(26)8-6-16)29-19(24-31-30-15(3)32(24)25)11-20(33)28-18-9-10-21(34-4)27-12-18;1-13-14(2)34-25-22(13)23(16-4-6-17(26)7-5-16)29-20(24-31-30-15(3)32(24)25)12-21(33)28-19-10-8-18(27)9-11-19;1-11-12(2)29-21-18(11)19(14-5-7-15(22)8-6-14)23-17(9-16(27)10-28-4)20-25-24-13(3)26(20)21/h5-11,21H,12-13H2,1-4H3;5-10,12,19H,11H2,1-4H3,(H,28,33);4-11,20H,12,27H2,1-3H3,(H,28,33);5-8,17H,9-10H2,1-4H3/t21-;19-;;17-/m00.0/s1. The summed E-state index contributed by atoms with van der Waals surface area (Å²) in [5.74, 6) is 6.24. The largest absolute Gasteiger partial charge is 0.481 e. The number of nitrogens with one attached hydrogen (secondary N) is 2. The highest BCUT2D eigenvalue weighted by molar-refractivity contribution is 7.16. The van der Waals surface area contributed by atoms with E-state index >= 15 is 0 Å². The van der Waals surface area contributed by atoms with E-state index in [9.17, 15) is 19.2 Å². The van der Waals surface area contributed by atoms with E-state index < -0.39 is 24.2 Å². The van der Waals surface area contributed by atoms with Gasteiger partial charge in [-0.3, -0.25) is 57.4 Å². The molecule has 4 aliphatic heterocycles. The molecule has 0 spiro atoms. The van der Waals surface area contributed by atoms with Crippen molar-refractivity contribution in [1.82, 2.24) is 69.0 Å². The lowest BCUT2D eigenvalue weighted by atomic mass is 9.99. The molecule has 36 heteroatoms. The molecule has 0 bridgehead atoms. The van der Waals surface area contributed by atoms with Crippen molar-refractivity contribution >= 4 is 155 Å². The minimum Gasteiger partial charge on any atom is -0.481 e. The number of halogens is 4. The van der Waals surface area contributed by atoms with Crippen LogP contribution in [0.2, 0.25) is 20.1 Å². The summed E-state index contributed by atoms with van der Waals surface area (Å²) < 4.78 is 23.6. The fraction of sp³-hybridized carbons (Fsp3) is 0.258. The van der Waals surface area contributed by atoms with E-state index in [1.807, 2.05) is 145 Å². The van der Waals surface area contributed by atoms with Gasteiger partial charge in [0.15, 0.2) is 29.1 Å². The SMILES string of the molecule is COCC(=O)C[C@@H]1N=C(c2ccc(Cl)cc2)c2c(sc(C)c2C)-n2c(C)nnc21.COc1ccc(NC(=O)C[C@@H]2N=C(c3ccc(Cl)cc3)c3c(sc(C)c3C)-n3c(C)nnc32)cn1.COc1ncccc1CC(=O)C[C@@H]1N=C(c2ccc(Cl)cc2)c2c(sc(C)c2C)-n2c(C)nnc21.Cc1sc2c(c1C)C(c1ccc(Cl)cc1)=NC(CC(=O)Nc1ccc(N)cc1)c1nnc(C)n1-2. The van der Waals surface area contributed by atoms with Crippen molar-refractivity contribution in [3.05, 3.63) is 317 Å². The van der Waals surface area contributed by atoms with Crippen molar-refractivity contribution in [1.29, 1.82) is 0 Å². The minimum atomic E-state index is -0.535. The Morgan fingerprint density at radius 2 is 0.707 bits per heavy atom. The van der Waals surface area contributed by atoms with Gasteiger partial charge in [0.25, 0.3) is 0 Å². The quantitative estimate of drug-likeness (QED) is 0.0597. The molecule has 4 N–H and O–H groups in total. The summed E-state index contributed by atoms with van der Waals surface area (Å²) in [7, 11) is 4.62. The second-order valence-electron chi connectivity index (χ2n) is 32.1. The summed E-state index contributed by atoms with van der Waals surface area (Å²) in [5.41, 5.74) is 24.3. The van der Waals surface area contributed by atoms with E-state index in [4.69, 9.17) is 86.3 Å². The average molecular weight is 1930 g/mol. The third kappa shape index (κ3) is 19.6.